The third kappa shape index (κ3) is 4.45. The second-order valence-corrected chi connectivity index (χ2v) is 10.6. The summed E-state index contributed by atoms with van der Waals surface area (Å²) >= 11 is 0. The first-order valence-electron chi connectivity index (χ1n) is 13.2. The summed E-state index contributed by atoms with van der Waals surface area (Å²) in [6.07, 6.45) is 3.43. The number of H-pyrrole nitrogens is 2. The molecule has 3 N–H and O–H groups in total. The van der Waals surface area contributed by atoms with Gasteiger partial charge in [-0.1, -0.05) is 25.1 Å². The van der Waals surface area contributed by atoms with E-state index in [9.17, 15) is 23.1 Å². The van der Waals surface area contributed by atoms with Crippen molar-refractivity contribution in [2.75, 3.05) is 6.61 Å². The van der Waals surface area contributed by atoms with Gasteiger partial charge in [-0.05, 0) is 49.1 Å². The van der Waals surface area contributed by atoms with Crippen LogP contribution in [0.5, 0.6) is 17.2 Å². The number of carboxylic acid groups (broad SMARTS) is 1. The van der Waals surface area contributed by atoms with E-state index >= 15 is 4.39 Å². The highest BCUT2D eigenvalue weighted by molar-refractivity contribution is 5.82. The lowest BCUT2D eigenvalue weighted by Gasteiger charge is -2.36. The van der Waals surface area contributed by atoms with E-state index in [2.05, 4.69) is 15.0 Å². The number of benzene rings is 3. The maximum absolute atomic E-state index is 15.0. The van der Waals surface area contributed by atoms with Gasteiger partial charge in [0, 0.05) is 28.8 Å². The van der Waals surface area contributed by atoms with E-state index in [1.807, 2.05) is 32.0 Å². The van der Waals surface area contributed by atoms with Crippen LogP contribution in [0.25, 0.3) is 22.3 Å². The molecule has 0 fully saturated rings. The lowest BCUT2D eigenvalue weighted by Crippen LogP contribution is -2.32. The first-order chi connectivity index (χ1) is 20.1. The minimum Gasteiger partial charge on any atom is -0.493 e. The molecule has 2 atom stereocenters. The van der Waals surface area contributed by atoms with Crippen LogP contribution in [0.4, 0.5) is 17.6 Å². The van der Waals surface area contributed by atoms with Crippen molar-refractivity contribution in [3.05, 3.63) is 94.9 Å². The highest BCUT2D eigenvalue weighted by Crippen LogP contribution is 2.47. The van der Waals surface area contributed by atoms with E-state index in [1.165, 1.54) is 24.4 Å². The number of rotatable bonds is 7. The number of carboxylic acids is 1. The van der Waals surface area contributed by atoms with Gasteiger partial charge in [0.1, 0.15) is 23.1 Å². The predicted molar refractivity (Wildman–Crippen MR) is 146 cm³/mol. The Labute approximate surface area is 237 Å². The number of nitrogens with zero attached hydrogens (tertiary/aromatic N) is 1. The summed E-state index contributed by atoms with van der Waals surface area (Å²) in [6.45, 7) is 4.17. The average molecular weight is 580 g/mol. The largest absolute Gasteiger partial charge is 0.493 e. The molecule has 42 heavy (non-hydrogen) atoms. The Kier molecular flexibility index (Phi) is 6.67. The van der Waals surface area contributed by atoms with Crippen molar-refractivity contribution >= 4 is 16.9 Å². The molecule has 2 aromatic heterocycles. The van der Waals surface area contributed by atoms with Gasteiger partial charge in [-0.2, -0.15) is 4.39 Å². The Balaban J connectivity index is 1.35. The number of hydrogen-bond acceptors (Lipinski definition) is 4. The van der Waals surface area contributed by atoms with E-state index in [-0.39, 0.29) is 40.4 Å². The Hall–Kier alpha value is -4.80. The zero-order chi connectivity index (χ0) is 29.8. The molecule has 1 aliphatic rings. The molecule has 6 rings (SSSR count). The number of aromatic amines is 2. The maximum Gasteiger partial charge on any atom is 0.303 e. The summed E-state index contributed by atoms with van der Waals surface area (Å²) in [7, 11) is 0. The molecular weight excluding hydrogens is 554 g/mol. The van der Waals surface area contributed by atoms with Crippen molar-refractivity contribution in [1.82, 2.24) is 15.0 Å². The van der Waals surface area contributed by atoms with E-state index < -0.39 is 40.4 Å². The van der Waals surface area contributed by atoms with Crippen molar-refractivity contribution in [2.45, 2.75) is 38.0 Å². The van der Waals surface area contributed by atoms with E-state index in [0.29, 0.717) is 24.5 Å². The second kappa shape index (κ2) is 10.2. The van der Waals surface area contributed by atoms with Gasteiger partial charge in [0.25, 0.3) is 0 Å². The lowest BCUT2D eigenvalue weighted by molar-refractivity contribution is -0.137. The summed E-state index contributed by atoms with van der Waals surface area (Å²) in [5, 5.41) is 9.10. The number of aromatic nitrogens is 3. The summed E-state index contributed by atoms with van der Waals surface area (Å²) < 4.78 is 70.5. The molecule has 7 nitrogen and oxygen atoms in total. The molecule has 3 aromatic carbocycles. The normalized spacial score (nSPS) is 17.1. The minimum atomic E-state index is -1.52. The standard InChI is InChI=1S/C31H25F4N3O4/c1-15(12-23(39)40)17-4-3-5-20-28(17)41-11-9-31(20,2)22-14-37-30(38-22)19-13-16(6-7-21(19)32)42-29-24(33)18-8-10-36-27(18)25(34)26(29)35/h3-8,10,13-15,36H,9,11-12H2,1-2H3,(H,37,38)(H,39,40)/t15-,31-/m1/s1. The number of fused-ring (bicyclic) bond motifs is 2. The van der Waals surface area contributed by atoms with Gasteiger partial charge in [0.05, 0.1) is 29.8 Å². The molecule has 216 valence electrons. The summed E-state index contributed by atoms with van der Waals surface area (Å²) in [5.41, 5.74) is 1.19. The SMILES string of the molecule is C[C@H](CC(=O)O)c1cccc2c1OCC[C@@]2(C)c1c[nH]c(-c2cc(Oc3c(F)c(F)c4[nH]ccc4c3F)ccc2F)n1. The minimum absolute atomic E-state index is 0.0255. The number of carbonyl (C=O) groups is 1. The molecule has 1 aliphatic heterocycles. The monoisotopic (exact) mass is 579 g/mol. The summed E-state index contributed by atoms with van der Waals surface area (Å²) in [4.78, 5) is 21.4. The molecule has 0 unspecified atom stereocenters. The smallest absolute Gasteiger partial charge is 0.303 e. The molecule has 0 aliphatic carbocycles. The zero-order valence-corrected chi connectivity index (χ0v) is 22.5. The van der Waals surface area contributed by atoms with Crippen LogP contribution in [0.2, 0.25) is 0 Å². The van der Waals surface area contributed by atoms with Crippen LogP contribution in [0.1, 0.15) is 49.4 Å². The van der Waals surface area contributed by atoms with Gasteiger partial charge < -0.3 is 24.5 Å². The van der Waals surface area contributed by atoms with E-state index in [4.69, 9.17) is 9.47 Å². The fraction of sp³-hybridized carbons (Fsp3) is 0.226. The predicted octanol–water partition coefficient (Wildman–Crippen LogP) is 7.57. The van der Waals surface area contributed by atoms with Crippen LogP contribution in [-0.2, 0) is 10.2 Å². The van der Waals surface area contributed by atoms with Gasteiger partial charge in [-0.15, -0.1) is 0 Å². The van der Waals surface area contributed by atoms with Crippen molar-refractivity contribution in [1.29, 1.82) is 0 Å². The zero-order valence-electron chi connectivity index (χ0n) is 22.5. The fourth-order valence-corrected chi connectivity index (χ4v) is 5.53. The third-order valence-corrected chi connectivity index (χ3v) is 7.85. The van der Waals surface area contributed by atoms with Gasteiger partial charge in [0.2, 0.25) is 11.6 Å². The fourth-order valence-electron chi connectivity index (χ4n) is 5.53. The number of imidazole rings is 1. The Bertz CT molecular complexity index is 1850. The first-order valence-corrected chi connectivity index (χ1v) is 13.2. The molecule has 3 heterocycles. The molecule has 0 amide bonds. The highest BCUT2D eigenvalue weighted by Gasteiger charge is 2.39. The number of ether oxygens (including phenoxy) is 2. The molecule has 0 saturated heterocycles. The van der Waals surface area contributed by atoms with Gasteiger partial charge in [-0.3, -0.25) is 4.79 Å². The molecule has 0 spiro atoms. The van der Waals surface area contributed by atoms with Crippen LogP contribution in [-0.4, -0.2) is 32.6 Å². The number of nitrogens with one attached hydrogen (secondary N) is 2. The third-order valence-electron chi connectivity index (χ3n) is 7.85. The van der Waals surface area contributed by atoms with Gasteiger partial charge in [-0.25, -0.2) is 18.2 Å². The van der Waals surface area contributed by atoms with Crippen molar-refractivity contribution in [2.24, 2.45) is 0 Å². The van der Waals surface area contributed by atoms with Crippen LogP contribution < -0.4 is 9.47 Å². The molecule has 0 saturated carbocycles. The molecular formula is C31H25F4N3O4. The number of aliphatic carboxylic acids is 1. The quantitative estimate of drug-likeness (QED) is 0.136. The second-order valence-electron chi connectivity index (χ2n) is 10.6. The Morgan fingerprint density at radius 3 is 2.71 bits per heavy atom. The van der Waals surface area contributed by atoms with Crippen LogP contribution in [0.3, 0.4) is 0 Å². The topological polar surface area (TPSA) is 100 Å². The molecule has 5 aromatic rings. The lowest BCUT2D eigenvalue weighted by atomic mass is 9.74. The van der Waals surface area contributed by atoms with Crippen molar-refractivity contribution in [3.8, 4) is 28.6 Å². The number of halogens is 4. The van der Waals surface area contributed by atoms with E-state index in [1.54, 1.807) is 6.20 Å². The first kappa shape index (κ1) is 27.4. The maximum atomic E-state index is 15.0. The van der Waals surface area contributed by atoms with Crippen LogP contribution in [0.15, 0.2) is 54.9 Å². The van der Waals surface area contributed by atoms with Crippen LogP contribution in [0, 0.1) is 23.3 Å². The van der Waals surface area contributed by atoms with Crippen LogP contribution >= 0.6 is 0 Å². The Morgan fingerprint density at radius 1 is 1.12 bits per heavy atom. The molecule has 0 radical (unpaired) electrons. The highest BCUT2D eigenvalue weighted by atomic mass is 19.2. The van der Waals surface area contributed by atoms with E-state index in [0.717, 1.165) is 17.2 Å². The summed E-state index contributed by atoms with van der Waals surface area (Å²) in [5.74, 6) is -6.10. The van der Waals surface area contributed by atoms with Gasteiger partial charge in [0.15, 0.2) is 11.6 Å². The molecule has 0 bridgehead atoms. The average Bonchev–Trinajstić information content (AvgIpc) is 3.66. The Morgan fingerprint density at radius 2 is 1.93 bits per heavy atom. The number of hydrogen-bond donors (Lipinski definition) is 3. The van der Waals surface area contributed by atoms with Gasteiger partial charge >= 0.3 is 5.97 Å². The molecule has 11 heteroatoms. The van der Waals surface area contributed by atoms with Crippen molar-refractivity contribution in [3.63, 3.8) is 0 Å². The van der Waals surface area contributed by atoms with Crippen molar-refractivity contribution < 1.29 is 36.9 Å². The number of para-hydroxylation sites is 1. The summed E-state index contributed by atoms with van der Waals surface area (Å²) in [6, 6.07) is 10.3.